The van der Waals surface area contributed by atoms with Crippen molar-refractivity contribution in [1.29, 1.82) is 0 Å². The normalized spacial score (nSPS) is 18.5. The molecule has 1 fully saturated rings. The fourth-order valence-electron chi connectivity index (χ4n) is 4.92. The molecule has 2 heterocycles. The van der Waals surface area contributed by atoms with Crippen molar-refractivity contribution in [2.75, 3.05) is 26.2 Å². The zero-order chi connectivity index (χ0) is 23.2. The highest BCUT2D eigenvalue weighted by Crippen LogP contribution is 2.34. The molecule has 0 saturated carbocycles. The number of pyridine rings is 1. The second kappa shape index (κ2) is 10.8. The first-order valence-corrected chi connectivity index (χ1v) is 12.0. The fourth-order valence-corrected chi connectivity index (χ4v) is 4.92. The zero-order valence-electron chi connectivity index (χ0n) is 20.0. The van der Waals surface area contributed by atoms with E-state index in [2.05, 4.69) is 78.0 Å². The molecule has 3 aromatic rings. The monoisotopic (exact) mass is 441 g/mol. The van der Waals surface area contributed by atoms with Gasteiger partial charge in [0.05, 0.1) is 5.69 Å². The Bertz CT molecular complexity index is 1020. The number of amides is 1. The molecular weight excluding hydrogens is 406 g/mol. The SMILES string of the molecule is Cc1ccc(C(=O)N(CC(C)C)CC2CN(Cc3ccccn3)CC2c2ccccc2)cc1. The maximum Gasteiger partial charge on any atom is 0.253 e. The Morgan fingerprint density at radius 3 is 2.39 bits per heavy atom. The summed E-state index contributed by atoms with van der Waals surface area (Å²) >= 11 is 0. The van der Waals surface area contributed by atoms with Crippen LogP contribution in [0.2, 0.25) is 0 Å². The van der Waals surface area contributed by atoms with Crippen molar-refractivity contribution in [2.24, 2.45) is 11.8 Å². The van der Waals surface area contributed by atoms with Crippen molar-refractivity contribution in [2.45, 2.75) is 33.2 Å². The third-order valence-corrected chi connectivity index (χ3v) is 6.48. The van der Waals surface area contributed by atoms with Crippen LogP contribution in [0.1, 0.15) is 46.9 Å². The summed E-state index contributed by atoms with van der Waals surface area (Å²) in [5.74, 6) is 1.33. The molecule has 2 aromatic carbocycles. The summed E-state index contributed by atoms with van der Waals surface area (Å²) in [5, 5.41) is 0. The Morgan fingerprint density at radius 1 is 1.00 bits per heavy atom. The van der Waals surface area contributed by atoms with Crippen molar-refractivity contribution in [3.8, 4) is 0 Å². The van der Waals surface area contributed by atoms with Gasteiger partial charge in [-0.3, -0.25) is 14.7 Å². The number of hydrogen-bond acceptors (Lipinski definition) is 3. The number of likely N-dealkylation sites (tertiary alicyclic amines) is 1. The Kier molecular flexibility index (Phi) is 7.56. The highest BCUT2D eigenvalue weighted by Gasteiger charge is 2.36. The van der Waals surface area contributed by atoms with Crippen LogP contribution in [0.4, 0.5) is 0 Å². The first kappa shape index (κ1) is 23.2. The smallest absolute Gasteiger partial charge is 0.253 e. The van der Waals surface area contributed by atoms with E-state index in [4.69, 9.17) is 0 Å². The molecule has 1 amide bonds. The molecule has 1 saturated heterocycles. The molecule has 0 spiro atoms. The number of nitrogens with zero attached hydrogens (tertiary/aromatic N) is 3. The predicted octanol–water partition coefficient (Wildman–Crippen LogP) is 5.40. The summed E-state index contributed by atoms with van der Waals surface area (Å²) in [6.07, 6.45) is 1.86. The summed E-state index contributed by atoms with van der Waals surface area (Å²) in [4.78, 5) is 22.6. The first-order chi connectivity index (χ1) is 16.0. The number of benzene rings is 2. The highest BCUT2D eigenvalue weighted by molar-refractivity contribution is 5.94. The molecule has 4 heteroatoms. The third kappa shape index (κ3) is 6.08. The van der Waals surface area contributed by atoms with Gasteiger partial charge in [-0.1, -0.05) is 67.9 Å². The summed E-state index contributed by atoms with van der Waals surface area (Å²) in [5.41, 5.74) is 4.41. The minimum absolute atomic E-state index is 0.138. The summed E-state index contributed by atoms with van der Waals surface area (Å²) in [7, 11) is 0. The van der Waals surface area contributed by atoms with Crippen LogP contribution >= 0.6 is 0 Å². The second-order valence-corrected chi connectivity index (χ2v) is 9.76. The molecule has 2 unspecified atom stereocenters. The molecule has 0 N–H and O–H groups in total. The highest BCUT2D eigenvalue weighted by atomic mass is 16.2. The number of carbonyl (C=O) groups is 1. The second-order valence-electron chi connectivity index (χ2n) is 9.76. The standard InChI is InChI=1S/C29H35N3O/c1-22(2)17-32(29(33)25-14-12-23(3)13-15-25)19-26-18-31(20-27-11-7-8-16-30-27)21-28(26)24-9-5-4-6-10-24/h4-16,22,26,28H,17-21H2,1-3H3. The Labute approximate surface area is 198 Å². The summed E-state index contributed by atoms with van der Waals surface area (Å²) in [6, 6.07) is 24.9. The van der Waals surface area contributed by atoms with Crippen LogP contribution in [0.3, 0.4) is 0 Å². The van der Waals surface area contributed by atoms with Gasteiger partial charge in [0.15, 0.2) is 0 Å². The van der Waals surface area contributed by atoms with Gasteiger partial charge in [0, 0.05) is 50.4 Å². The van der Waals surface area contributed by atoms with Crippen LogP contribution < -0.4 is 0 Å². The number of rotatable bonds is 8. The molecule has 4 rings (SSSR count). The molecule has 1 aromatic heterocycles. The Hall–Kier alpha value is -2.98. The predicted molar refractivity (Wildman–Crippen MR) is 134 cm³/mol. The van der Waals surface area contributed by atoms with Crippen LogP contribution in [0.5, 0.6) is 0 Å². The van der Waals surface area contributed by atoms with E-state index in [0.717, 1.165) is 44.0 Å². The summed E-state index contributed by atoms with van der Waals surface area (Å²) < 4.78 is 0. The van der Waals surface area contributed by atoms with E-state index < -0.39 is 0 Å². The van der Waals surface area contributed by atoms with Crippen LogP contribution in [-0.4, -0.2) is 46.9 Å². The zero-order valence-corrected chi connectivity index (χ0v) is 20.0. The van der Waals surface area contributed by atoms with Gasteiger partial charge in [0.2, 0.25) is 0 Å². The summed E-state index contributed by atoms with van der Waals surface area (Å²) in [6.45, 7) is 10.8. The van der Waals surface area contributed by atoms with E-state index in [1.165, 1.54) is 11.1 Å². The number of aryl methyl sites for hydroxylation is 1. The number of carbonyl (C=O) groups excluding carboxylic acids is 1. The van der Waals surface area contributed by atoms with Crippen molar-refractivity contribution in [3.63, 3.8) is 0 Å². The Morgan fingerprint density at radius 2 is 1.73 bits per heavy atom. The van der Waals surface area contributed by atoms with Gasteiger partial charge in [0.1, 0.15) is 0 Å². The number of aromatic nitrogens is 1. The minimum atomic E-state index is 0.138. The largest absolute Gasteiger partial charge is 0.338 e. The van der Waals surface area contributed by atoms with Crippen molar-refractivity contribution >= 4 is 5.91 Å². The molecule has 1 aliphatic heterocycles. The fraction of sp³-hybridized carbons (Fsp3) is 0.379. The lowest BCUT2D eigenvalue weighted by Crippen LogP contribution is -2.39. The lowest BCUT2D eigenvalue weighted by molar-refractivity contribution is 0.0703. The van der Waals surface area contributed by atoms with Gasteiger partial charge < -0.3 is 4.90 Å². The third-order valence-electron chi connectivity index (χ3n) is 6.48. The molecule has 33 heavy (non-hydrogen) atoms. The molecule has 172 valence electrons. The van der Waals surface area contributed by atoms with E-state index >= 15 is 0 Å². The van der Waals surface area contributed by atoms with Gasteiger partial charge in [-0.2, -0.15) is 0 Å². The van der Waals surface area contributed by atoms with Gasteiger partial charge in [-0.25, -0.2) is 0 Å². The van der Waals surface area contributed by atoms with Crippen molar-refractivity contribution < 1.29 is 4.79 Å². The minimum Gasteiger partial charge on any atom is -0.338 e. The van der Waals surface area contributed by atoms with E-state index in [0.29, 0.717) is 17.8 Å². The maximum absolute atomic E-state index is 13.5. The molecule has 0 radical (unpaired) electrons. The molecular formula is C29H35N3O. The number of hydrogen-bond donors (Lipinski definition) is 0. The van der Waals surface area contributed by atoms with Gasteiger partial charge in [0.25, 0.3) is 5.91 Å². The van der Waals surface area contributed by atoms with Crippen LogP contribution in [0, 0.1) is 18.8 Å². The Balaban J connectivity index is 1.56. The first-order valence-electron chi connectivity index (χ1n) is 12.0. The maximum atomic E-state index is 13.5. The van der Waals surface area contributed by atoms with E-state index in [1.54, 1.807) is 0 Å². The van der Waals surface area contributed by atoms with Crippen LogP contribution in [0.15, 0.2) is 79.0 Å². The van der Waals surface area contributed by atoms with Crippen molar-refractivity contribution in [3.05, 3.63) is 101 Å². The van der Waals surface area contributed by atoms with E-state index in [-0.39, 0.29) is 5.91 Å². The van der Waals surface area contributed by atoms with Crippen molar-refractivity contribution in [1.82, 2.24) is 14.8 Å². The molecule has 0 aliphatic carbocycles. The lowest BCUT2D eigenvalue weighted by Gasteiger charge is -2.30. The molecule has 0 bridgehead atoms. The average Bonchev–Trinajstić information content (AvgIpc) is 3.21. The van der Waals surface area contributed by atoms with Crippen LogP contribution in [0.25, 0.3) is 0 Å². The van der Waals surface area contributed by atoms with Crippen LogP contribution in [-0.2, 0) is 6.54 Å². The molecule has 2 atom stereocenters. The van der Waals surface area contributed by atoms with Gasteiger partial charge in [-0.05, 0) is 48.6 Å². The van der Waals surface area contributed by atoms with E-state index in [1.807, 2.05) is 36.5 Å². The molecule has 1 aliphatic rings. The van der Waals surface area contributed by atoms with E-state index in [9.17, 15) is 4.79 Å². The average molecular weight is 442 g/mol. The quantitative estimate of drug-likeness (QED) is 0.469. The lowest BCUT2D eigenvalue weighted by atomic mass is 9.88. The molecule has 4 nitrogen and oxygen atoms in total. The van der Waals surface area contributed by atoms with Gasteiger partial charge >= 0.3 is 0 Å². The van der Waals surface area contributed by atoms with Gasteiger partial charge in [-0.15, -0.1) is 0 Å². The topological polar surface area (TPSA) is 36.4 Å².